The smallest absolute Gasteiger partial charge is 0.475 e. The van der Waals surface area contributed by atoms with E-state index in [0.29, 0.717) is 5.56 Å². The maximum absolute atomic E-state index is 11.5. The molecule has 0 atom stereocenters. The molecule has 0 radical (unpaired) electrons. The minimum atomic E-state index is -5.08. The van der Waals surface area contributed by atoms with E-state index in [4.69, 9.17) is 20.6 Å². The highest BCUT2D eigenvalue weighted by molar-refractivity contribution is 7.14. The highest BCUT2D eigenvalue weighted by atomic mass is 32.1. The van der Waals surface area contributed by atoms with Gasteiger partial charge in [-0.3, -0.25) is 9.59 Å². The van der Waals surface area contributed by atoms with Crippen molar-refractivity contribution in [3.05, 3.63) is 35.2 Å². The van der Waals surface area contributed by atoms with E-state index >= 15 is 0 Å². The summed E-state index contributed by atoms with van der Waals surface area (Å²) in [6.45, 7) is 3.16. The quantitative estimate of drug-likeness (QED) is 0.701. The number of amides is 1. The van der Waals surface area contributed by atoms with Crippen molar-refractivity contribution >= 4 is 34.1 Å². The lowest BCUT2D eigenvalue weighted by atomic mass is 9.97. The van der Waals surface area contributed by atoms with Crippen LogP contribution in [0.3, 0.4) is 0 Å². The first-order chi connectivity index (χ1) is 14.0. The zero-order chi connectivity index (χ0) is 22.5. The van der Waals surface area contributed by atoms with E-state index in [2.05, 4.69) is 4.90 Å². The molecule has 1 aromatic carbocycles. The lowest BCUT2D eigenvalue weighted by Gasteiger charge is -2.30. The fraction of sp³-hybridized carbons (Fsp3) is 0.368. The molecular formula is C19H20F3N3O4S. The van der Waals surface area contributed by atoms with E-state index in [1.54, 1.807) is 18.3 Å². The number of nitrogens with two attached hydrogens (primary N) is 1. The molecule has 0 saturated carbocycles. The molecule has 30 heavy (non-hydrogen) atoms. The second-order valence-corrected chi connectivity index (χ2v) is 7.46. The fourth-order valence-corrected chi connectivity index (χ4v) is 3.68. The first-order valence-corrected chi connectivity index (χ1v) is 9.78. The van der Waals surface area contributed by atoms with Crippen molar-refractivity contribution in [2.45, 2.75) is 25.9 Å². The number of thiazole rings is 1. The van der Waals surface area contributed by atoms with Crippen LogP contribution < -0.4 is 10.6 Å². The van der Waals surface area contributed by atoms with Crippen LogP contribution in [0.25, 0.3) is 11.3 Å². The topological polar surface area (TPSA) is 114 Å². The number of alkyl halides is 3. The minimum Gasteiger partial charge on any atom is -0.475 e. The highest BCUT2D eigenvalue weighted by Crippen LogP contribution is 2.30. The Morgan fingerprint density at radius 2 is 1.83 bits per heavy atom. The molecule has 1 aromatic heterocycles. The van der Waals surface area contributed by atoms with Crippen molar-refractivity contribution in [3.63, 3.8) is 0 Å². The van der Waals surface area contributed by atoms with Gasteiger partial charge in [0.2, 0.25) is 5.91 Å². The average molecular weight is 443 g/mol. The van der Waals surface area contributed by atoms with Crippen molar-refractivity contribution in [1.82, 2.24) is 4.98 Å². The van der Waals surface area contributed by atoms with Crippen molar-refractivity contribution < 1.29 is 32.7 Å². The van der Waals surface area contributed by atoms with Crippen LogP contribution in [0.2, 0.25) is 0 Å². The van der Waals surface area contributed by atoms with Crippen LogP contribution in [0.4, 0.5) is 18.3 Å². The van der Waals surface area contributed by atoms with Gasteiger partial charge >= 0.3 is 12.1 Å². The van der Waals surface area contributed by atoms with Crippen LogP contribution >= 0.6 is 11.3 Å². The summed E-state index contributed by atoms with van der Waals surface area (Å²) in [7, 11) is 0. The number of Topliss-reactive ketones (excluding diaryl/α,β-unsaturated/α-hetero) is 1. The molecule has 3 rings (SSSR count). The normalized spacial score (nSPS) is 14.6. The molecule has 3 N–H and O–H groups in total. The second kappa shape index (κ2) is 9.70. The SMILES string of the molecule is CC(=O)c1cccc(-c2csc(N3CCC(C(N)=O)CC3)n2)c1.O=C(O)C(F)(F)F. The summed E-state index contributed by atoms with van der Waals surface area (Å²) in [4.78, 5) is 38.5. The zero-order valence-electron chi connectivity index (χ0n) is 16.0. The Bertz CT molecular complexity index is 922. The predicted octanol–water partition coefficient (Wildman–Crippen LogP) is 3.35. The molecular weight excluding hydrogens is 423 g/mol. The molecule has 1 fully saturated rings. The molecule has 0 aliphatic carbocycles. The number of carboxylic acids is 1. The average Bonchev–Trinajstić information content (AvgIpc) is 3.18. The number of rotatable bonds is 4. The van der Waals surface area contributed by atoms with Gasteiger partial charge in [0.25, 0.3) is 0 Å². The van der Waals surface area contributed by atoms with Crippen LogP contribution in [0.15, 0.2) is 29.6 Å². The van der Waals surface area contributed by atoms with Gasteiger partial charge in [0, 0.05) is 35.5 Å². The Labute approximate surface area is 174 Å². The summed E-state index contributed by atoms with van der Waals surface area (Å²) in [6.07, 6.45) is -3.52. The molecule has 0 bridgehead atoms. The number of aliphatic carboxylic acids is 1. The molecule has 11 heteroatoms. The first-order valence-electron chi connectivity index (χ1n) is 8.90. The fourth-order valence-electron chi connectivity index (χ4n) is 2.79. The third kappa shape index (κ3) is 6.28. The van der Waals surface area contributed by atoms with E-state index in [-0.39, 0.29) is 17.6 Å². The van der Waals surface area contributed by atoms with Crippen molar-refractivity contribution in [2.75, 3.05) is 18.0 Å². The molecule has 0 unspecified atom stereocenters. The number of nitrogens with zero attached hydrogens (tertiary/aromatic N) is 2. The Hall–Kier alpha value is -2.95. The van der Waals surface area contributed by atoms with E-state index in [0.717, 1.165) is 42.3 Å². The van der Waals surface area contributed by atoms with Crippen LogP contribution in [-0.2, 0) is 9.59 Å². The van der Waals surface area contributed by atoms with Gasteiger partial charge in [0.1, 0.15) is 0 Å². The van der Waals surface area contributed by atoms with Gasteiger partial charge in [-0.25, -0.2) is 9.78 Å². The molecule has 2 heterocycles. The summed E-state index contributed by atoms with van der Waals surface area (Å²) >= 11 is 1.59. The summed E-state index contributed by atoms with van der Waals surface area (Å²) in [5, 5.41) is 10.1. The van der Waals surface area contributed by atoms with Crippen LogP contribution in [0, 0.1) is 5.92 Å². The number of halogens is 3. The third-order valence-electron chi connectivity index (χ3n) is 4.47. The predicted molar refractivity (Wildman–Crippen MR) is 105 cm³/mol. The number of hydrogen-bond donors (Lipinski definition) is 2. The monoisotopic (exact) mass is 443 g/mol. The molecule has 162 valence electrons. The Balaban J connectivity index is 0.000000396. The van der Waals surface area contributed by atoms with Gasteiger partial charge in [-0.2, -0.15) is 13.2 Å². The molecule has 0 spiro atoms. The van der Waals surface area contributed by atoms with Crippen LogP contribution in [0.1, 0.15) is 30.1 Å². The van der Waals surface area contributed by atoms with Crippen molar-refractivity contribution in [3.8, 4) is 11.3 Å². The standard InChI is InChI=1S/C17H19N3O2S.C2HF3O2/c1-11(21)13-3-2-4-14(9-13)15-10-23-17(19-15)20-7-5-12(6-8-20)16(18)22;3-2(4,5)1(6)7/h2-4,9-10,12H,5-8H2,1H3,(H2,18,22);(H,6,7). The largest absolute Gasteiger partial charge is 0.490 e. The number of carbonyl (C=O) groups excluding carboxylic acids is 2. The number of anilines is 1. The molecule has 2 aromatic rings. The number of ketones is 1. The Kier molecular flexibility index (Phi) is 7.54. The van der Waals surface area contributed by atoms with E-state index in [1.165, 1.54) is 0 Å². The third-order valence-corrected chi connectivity index (χ3v) is 5.37. The van der Waals surface area contributed by atoms with Gasteiger partial charge < -0.3 is 15.7 Å². The van der Waals surface area contributed by atoms with Crippen molar-refractivity contribution in [1.29, 1.82) is 0 Å². The minimum absolute atomic E-state index is 0.0158. The maximum atomic E-state index is 11.5. The summed E-state index contributed by atoms with van der Waals surface area (Å²) < 4.78 is 31.7. The Morgan fingerprint density at radius 1 is 1.23 bits per heavy atom. The number of aromatic nitrogens is 1. The van der Waals surface area contributed by atoms with Crippen molar-refractivity contribution in [2.24, 2.45) is 11.7 Å². The number of carboxylic acid groups (broad SMARTS) is 1. The maximum Gasteiger partial charge on any atom is 0.490 e. The lowest BCUT2D eigenvalue weighted by Crippen LogP contribution is -2.38. The molecule has 1 aliphatic rings. The number of piperidine rings is 1. The van der Waals surface area contributed by atoms with Gasteiger partial charge in [0.15, 0.2) is 10.9 Å². The van der Waals surface area contributed by atoms with E-state index < -0.39 is 12.1 Å². The highest BCUT2D eigenvalue weighted by Gasteiger charge is 2.38. The molecule has 1 aliphatic heterocycles. The zero-order valence-corrected chi connectivity index (χ0v) is 16.8. The number of carbonyl (C=O) groups is 3. The lowest BCUT2D eigenvalue weighted by molar-refractivity contribution is -0.192. The van der Waals surface area contributed by atoms with E-state index in [1.807, 2.05) is 29.6 Å². The summed E-state index contributed by atoms with van der Waals surface area (Å²) in [5.74, 6) is -2.92. The Morgan fingerprint density at radius 3 is 2.33 bits per heavy atom. The van der Waals surface area contributed by atoms with Gasteiger partial charge in [-0.05, 0) is 25.8 Å². The number of hydrogen-bond acceptors (Lipinski definition) is 6. The number of benzene rings is 1. The van der Waals surface area contributed by atoms with Gasteiger partial charge in [0.05, 0.1) is 5.69 Å². The summed E-state index contributed by atoms with van der Waals surface area (Å²) in [6, 6.07) is 7.53. The summed E-state index contributed by atoms with van der Waals surface area (Å²) in [5.41, 5.74) is 7.90. The molecule has 7 nitrogen and oxygen atoms in total. The first kappa shape index (κ1) is 23.3. The molecule has 1 saturated heterocycles. The van der Waals surface area contributed by atoms with Crippen LogP contribution in [0.5, 0.6) is 0 Å². The van der Waals surface area contributed by atoms with Gasteiger partial charge in [-0.15, -0.1) is 11.3 Å². The van der Waals surface area contributed by atoms with Gasteiger partial charge in [-0.1, -0.05) is 18.2 Å². The number of primary amides is 1. The van der Waals surface area contributed by atoms with Crippen LogP contribution in [-0.4, -0.2) is 47.0 Å². The molecule has 1 amide bonds. The van der Waals surface area contributed by atoms with E-state index in [9.17, 15) is 22.8 Å². The second-order valence-electron chi connectivity index (χ2n) is 6.62.